The molecule has 0 aliphatic carbocycles. The quantitative estimate of drug-likeness (QED) is 0.763. The summed E-state index contributed by atoms with van der Waals surface area (Å²) in [6.45, 7) is 0. The number of nitrogens with two attached hydrogens (primary N) is 1. The number of primary sulfonamides is 1. The first-order chi connectivity index (χ1) is 11.0. The standard InChI is InChI=1S/C13H12Cl2N2O4S3/c1-23(18,19)17-11-4-3-9(24(16,20)21)7-13(11)22-12-5-2-8(14)6-10(12)15/h2-7,17H,1H3,(H2,16,20,21). The minimum atomic E-state index is -3.94. The molecule has 0 saturated heterocycles. The highest BCUT2D eigenvalue weighted by molar-refractivity contribution is 7.99. The van der Waals surface area contributed by atoms with E-state index < -0.39 is 20.0 Å². The average molecular weight is 427 g/mol. The Bertz CT molecular complexity index is 992. The summed E-state index contributed by atoms with van der Waals surface area (Å²) in [5, 5.41) is 5.91. The fourth-order valence-corrected chi connectivity index (χ4v) is 4.45. The number of hydrogen-bond donors (Lipinski definition) is 2. The summed E-state index contributed by atoms with van der Waals surface area (Å²) in [5.74, 6) is 0. The van der Waals surface area contributed by atoms with Crippen molar-refractivity contribution >= 4 is 60.7 Å². The summed E-state index contributed by atoms with van der Waals surface area (Å²) in [6, 6.07) is 8.60. The molecule has 0 bridgehead atoms. The lowest BCUT2D eigenvalue weighted by Crippen LogP contribution is -2.14. The van der Waals surface area contributed by atoms with Crippen molar-refractivity contribution in [3.8, 4) is 0 Å². The van der Waals surface area contributed by atoms with Crippen molar-refractivity contribution in [2.45, 2.75) is 14.7 Å². The van der Waals surface area contributed by atoms with E-state index in [9.17, 15) is 16.8 Å². The molecule has 0 atom stereocenters. The smallest absolute Gasteiger partial charge is 0.238 e. The minimum Gasteiger partial charge on any atom is -0.283 e. The minimum absolute atomic E-state index is 0.144. The van der Waals surface area contributed by atoms with Gasteiger partial charge in [-0.25, -0.2) is 22.0 Å². The van der Waals surface area contributed by atoms with Gasteiger partial charge in [-0.1, -0.05) is 35.0 Å². The van der Waals surface area contributed by atoms with Gasteiger partial charge >= 0.3 is 0 Å². The number of anilines is 1. The van der Waals surface area contributed by atoms with Crippen molar-refractivity contribution in [1.82, 2.24) is 0 Å². The first-order valence-electron chi connectivity index (χ1n) is 6.23. The maximum absolute atomic E-state index is 11.5. The van der Waals surface area contributed by atoms with Gasteiger partial charge in [0.15, 0.2) is 0 Å². The molecule has 0 heterocycles. The molecule has 3 N–H and O–H groups in total. The van der Waals surface area contributed by atoms with Crippen LogP contribution in [-0.4, -0.2) is 23.1 Å². The second-order valence-electron chi connectivity index (χ2n) is 4.75. The molecule has 6 nitrogen and oxygen atoms in total. The van der Waals surface area contributed by atoms with Crippen LogP contribution in [0.4, 0.5) is 5.69 Å². The molecular weight excluding hydrogens is 415 g/mol. The Morgan fingerprint density at radius 2 is 1.67 bits per heavy atom. The Morgan fingerprint density at radius 3 is 2.21 bits per heavy atom. The van der Waals surface area contributed by atoms with E-state index in [-0.39, 0.29) is 10.6 Å². The lowest BCUT2D eigenvalue weighted by atomic mass is 10.3. The van der Waals surface area contributed by atoms with Gasteiger partial charge < -0.3 is 0 Å². The van der Waals surface area contributed by atoms with Gasteiger partial charge in [-0.05, 0) is 36.4 Å². The fraction of sp³-hybridized carbons (Fsp3) is 0.0769. The molecular formula is C13H12Cl2N2O4S3. The number of halogens is 2. The lowest BCUT2D eigenvalue weighted by Gasteiger charge is -2.12. The number of nitrogens with one attached hydrogen (secondary N) is 1. The SMILES string of the molecule is CS(=O)(=O)Nc1ccc(S(N)(=O)=O)cc1Sc1ccc(Cl)cc1Cl. The fourth-order valence-electron chi connectivity index (χ4n) is 1.72. The van der Waals surface area contributed by atoms with Crippen LogP contribution in [0.25, 0.3) is 0 Å². The van der Waals surface area contributed by atoms with Crippen molar-refractivity contribution in [2.75, 3.05) is 11.0 Å². The first-order valence-corrected chi connectivity index (χ1v) is 11.2. The first kappa shape index (κ1) is 19.4. The number of rotatable bonds is 5. The molecule has 130 valence electrons. The zero-order valence-electron chi connectivity index (χ0n) is 12.2. The number of sulfonamides is 2. The predicted molar refractivity (Wildman–Crippen MR) is 96.9 cm³/mol. The van der Waals surface area contributed by atoms with E-state index in [4.69, 9.17) is 28.3 Å². The highest BCUT2D eigenvalue weighted by Crippen LogP contribution is 2.39. The van der Waals surface area contributed by atoms with Crippen molar-refractivity contribution in [3.63, 3.8) is 0 Å². The molecule has 2 rings (SSSR count). The van der Waals surface area contributed by atoms with Crippen LogP contribution in [0.2, 0.25) is 10.0 Å². The molecule has 0 spiro atoms. The molecule has 0 radical (unpaired) electrons. The summed E-state index contributed by atoms with van der Waals surface area (Å²) < 4.78 is 48.4. The predicted octanol–water partition coefficient (Wildman–Crippen LogP) is 3.16. The summed E-state index contributed by atoms with van der Waals surface area (Å²) in [5.41, 5.74) is 0.209. The third kappa shape index (κ3) is 5.27. The Labute approximate surface area is 154 Å². The van der Waals surface area contributed by atoms with Crippen LogP contribution < -0.4 is 9.86 Å². The Morgan fingerprint density at radius 1 is 1.00 bits per heavy atom. The molecule has 0 saturated carbocycles. The summed E-state index contributed by atoms with van der Waals surface area (Å²) in [7, 11) is -7.49. The van der Waals surface area contributed by atoms with Crippen LogP contribution >= 0.6 is 35.0 Å². The van der Waals surface area contributed by atoms with Gasteiger partial charge in [0.05, 0.1) is 21.9 Å². The molecule has 0 unspecified atom stereocenters. The van der Waals surface area contributed by atoms with Gasteiger partial charge in [0.1, 0.15) is 0 Å². The van der Waals surface area contributed by atoms with E-state index in [1.807, 2.05) is 0 Å². The van der Waals surface area contributed by atoms with Crippen LogP contribution in [0.1, 0.15) is 0 Å². The molecule has 11 heteroatoms. The lowest BCUT2D eigenvalue weighted by molar-refractivity contribution is 0.597. The van der Waals surface area contributed by atoms with E-state index in [2.05, 4.69) is 4.72 Å². The zero-order chi connectivity index (χ0) is 18.1. The van der Waals surface area contributed by atoms with Crippen LogP contribution in [0.15, 0.2) is 51.1 Å². The van der Waals surface area contributed by atoms with E-state index in [0.29, 0.717) is 19.8 Å². The van der Waals surface area contributed by atoms with Crippen LogP contribution in [0.5, 0.6) is 0 Å². The zero-order valence-corrected chi connectivity index (χ0v) is 16.1. The van der Waals surface area contributed by atoms with Crippen LogP contribution in [-0.2, 0) is 20.0 Å². The second kappa shape index (κ2) is 7.11. The van der Waals surface area contributed by atoms with Gasteiger partial charge in [-0.3, -0.25) is 4.72 Å². The van der Waals surface area contributed by atoms with E-state index in [1.54, 1.807) is 12.1 Å². The molecule has 0 aliphatic heterocycles. The largest absolute Gasteiger partial charge is 0.283 e. The number of benzene rings is 2. The summed E-state index contributed by atoms with van der Waals surface area (Å²) in [6.07, 6.45) is 0.990. The van der Waals surface area contributed by atoms with E-state index in [0.717, 1.165) is 18.0 Å². The third-order valence-electron chi connectivity index (χ3n) is 2.69. The molecule has 0 aromatic heterocycles. The molecule has 2 aromatic carbocycles. The second-order valence-corrected chi connectivity index (χ2v) is 9.99. The maximum Gasteiger partial charge on any atom is 0.238 e. The van der Waals surface area contributed by atoms with Gasteiger partial charge in [0.25, 0.3) is 0 Å². The van der Waals surface area contributed by atoms with Crippen molar-refractivity contribution < 1.29 is 16.8 Å². The Balaban J connectivity index is 2.54. The van der Waals surface area contributed by atoms with Crippen LogP contribution in [0, 0.1) is 0 Å². The molecule has 0 aliphatic rings. The summed E-state index contributed by atoms with van der Waals surface area (Å²) in [4.78, 5) is 0.759. The van der Waals surface area contributed by atoms with Gasteiger partial charge in [0.2, 0.25) is 20.0 Å². The average Bonchev–Trinajstić information content (AvgIpc) is 2.40. The van der Waals surface area contributed by atoms with Gasteiger partial charge in [0, 0.05) is 14.8 Å². The maximum atomic E-state index is 11.5. The monoisotopic (exact) mass is 426 g/mol. The Kier molecular flexibility index (Phi) is 5.73. The van der Waals surface area contributed by atoms with Crippen molar-refractivity contribution in [1.29, 1.82) is 0 Å². The highest BCUT2D eigenvalue weighted by atomic mass is 35.5. The van der Waals surface area contributed by atoms with E-state index >= 15 is 0 Å². The normalized spacial score (nSPS) is 12.2. The topological polar surface area (TPSA) is 106 Å². The van der Waals surface area contributed by atoms with Crippen molar-refractivity contribution in [2.24, 2.45) is 5.14 Å². The van der Waals surface area contributed by atoms with Gasteiger partial charge in [-0.15, -0.1) is 0 Å². The molecule has 2 aromatic rings. The molecule has 0 amide bonds. The molecule has 24 heavy (non-hydrogen) atoms. The van der Waals surface area contributed by atoms with Crippen LogP contribution in [0.3, 0.4) is 0 Å². The van der Waals surface area contributed by atoms with E-state index in [1.165, 1.54) is 24.3 Å². The highest BCUT2D eigenvalue weighted by Gasteiger charge is 2.16. The Hall–Kier alpha value is -0.970. The number of hydrogen-bond acceptors (Lipinski definition) is 5. The third-order valence-corrected chi connectivity index (χ3v) is 5.99. The van der Waals surface area contributed by atoms with Gasteiger partial charge in [-0.2, -0.15) is 0 Å². The van der Waals surface area contributed by atoms with Crippen molar-refractivity contribution in [3.05, 3.63) is 46.4 Å². The summed E-state index contributed by atoms with van der Waals surface area (Å²) >= 11 is 13.0. The molecule has 0 fully saturated rings.